The van der Waals surface area contributed by atoms with E-state index in [2.05, 4.69) is 29.0 Å². The van der Waals surface area contributed by atoms with Crippen LogP contribution >= 0.6 is 15.6 Å². The van der Waals surface area contributed by atoms with E-state index in [4.69, 9.17) is 23.8 Å². The molecule has 0 aromatic rings. The number of aliphatic hydroxyl groups excluding tert-OH is 2. The number of ether oxygens (including phenoxy) is 2. The van der Waals surface area contributed by atoms with Gasteiger partial charge in [0.15, 0.2) is 6.10 Å². The molecule has 3 unspecified atom stereocenters. The molecular weight excluding hydrogens is 754 g/mol. The van der Waals surface area contributed by atoms with Crippen LogP contribution in [0.5, 0.6) is 0 Å². The van der Waals surface area contributed by atoms with E-state index >= 15 is 0 Å². The highest BCUT2D eigenvalue weighted by molar-refractivity contribution is 7.47. The number of unbranched alkanes of at least 4 members (excludes halogenated alkanes) is 12. The molecule has 0 saturated heterocycles. The quantitative estimate of drug-likeness (QED) is 0.0130. The lowest BCUT2D eigenvalue weighted by Gasteiger charge is -2.20. The van der Waals surface area contributed by atoms with E-state index < -0.39 is 72.3 Å². The highest BCUT2D eigenvalue weighted by Gasteiger charge is 2.28. The van der Waals surface area contributed by atoms with Crippen molar-refractivity contribution in [3.05, 3.63) is 36.5 Å². The molecule has 0 rings (SSSR count). The Labute approximate surface area is 329 Å². The molecule has 322 valence electrons. The van der Waals surface area contributed by atoms with Gasteiger partial charge in [-0.1, -0.05) is 134 Å². The normalized spacial score (nSPS) is 15.7. The fourth-order valence-electron chi connectivity index (χ4n) is 5.18. The van der Waals surface area contributed by atoms with Crippen LogP contribution in [0.2, 0.25) is 0 Å². The molecule has 0 heterocycles. The summed E-state index contributed by atoms with van der Waals surface area (Å²) < 4.78 is 47.6. The van der Waals surface area contributed by atoms with Gasteiger partial charge >= 0.3 is 27.6 Å². The van der Waals surface area contributed by atoms with Gasteiger partial charge in [-0.05, 0) is 44.4 Å². The standard InChI is InChI=1S/C39H72O14P2/c1-4-6-20-26-35(40)27-22-17-13-8-7-9-14-18-23-28-38(42)49-32-37(33-52-55(47,48)51-31-36(41)30-50-54(44,45)46)53-39(43)29-24-19-15-11-10-12-16-21-25-34(3)5-2/h6,13,17,20,22,27,34-37,40-41H,4-5,7-12,14-16,18-19,21,23-26,28-33H2,1-3H3,(H,47,48)(H2,44,45,46)/b17-13+,20-6+,27-22+/t34?,35?,36-,37+/m0/s1. The largest absolute Gasteiger partial charge is 0.472 e. The highest BCUT2D eigenvalue weighted by atomic mass is 31.2. The number of rotatable bonds is 37. The maximum atomic E-state index is 12.6. The van der Waals surface area contributed by atoms with Crippen LogP contribution in [0.25, 0.3) is 0 Å². The Kier molecular flexibility index (Phi) is 33.3. The van der Waals surface area contributed by atoms with Crippen molar-refractivity contribution in [3.8, 4) is 0 Å². The molecule has 55 heavy (non-hydrogen) atoms. The molecule has 0 bridgehead atoms. The molecule has 0 amide bonds. The fourth-order valence-corrected chi connectivity index (χ4v) is 6.34. The van der Waals surface area contributed by atoms with Crippen molar-refractivity contribution in [1.29, 1.82) is 0 Å². The van der Waals surface area contributed by atoms with Gasteiger partial charge in [-0.15, -0.1) is 0 Å². The minimum absolute atomic E-state index is 0.116. The number of phosphoric acid groups is 2. The Balaban J connectivity index is 4.63. The van der Waals surface area contributed by atoms with E-state index in [9.17, 15) is 33.8 Å². The zero-order chi connectivity index (χ0) is 41.2. The van der Waals surface area contributed by atoms with Crippen LogP contribution in [-0.4, -0.2) is 81.6 Å². The third-order valence-electron chi connectivity index (χ3n) is 8.65. The molecule has 0 aliphatic carbocycles. The first-order chi connectivity index (χ1) is 26.2. The molecular formula is C39H72O14P2. The summed E-state index contributed by atoms with van der Waals surface area (Å²) in [5.74, 6) is -0.306. The number of esters is 2. The van der Waals surface area contributed by atoms with Gasteiger partial charge in [0.25, 0.3) is 0 Å². The van der Waals surface area contributed by atoms with Crippen molar-refractivity contribution in [3.63, 3.8) is 0 Å². The van der Waals surface area contributed by atoms with Crippen molar-refractivity contribution < 1.29 is 66.7 Å². The molecule has 0 aromatic heterocycles. The van der Waals surface area contributed by atoms with Gasteiger partial charge in [-0.3, -0.25) is 23.2 Å². The van der Waals surface area contributed by atoms with Gasteiger partial charge < -0.3 is 34.4 Å². The van der Waals surface area contributed by atoms with E-state index in [1.165, 1.54) is 32.1 Å². The van der Waals surface area contributed by atoms with E-state index in [0.717, 1.165) is 70.1 Å². The average Bonchev–Trinajstić information content (AvgIpc) is 3.13. The summed E-state index contributed by atoms with van der Waals surface area (Å²) >= 11 is 0. The molecule has 0 aromatic carbocycles. The van der Waals surface area contributed by atoms with Gasteiger partial charge in [0.2, 0.25) is 0 Å². The van der Waals surface area contributed by atoms with Crippen LogP contribution in [0.15, 0.2) is 36.5 Å². The molecule has 5 N–H and O–H groups in total. The summed E-state index contributed by atoms with van der Waals surface area (Å²) in [5, 5.41) is 19.6. The van der Waals surface area contributed by atoms with Crippen molar-refractivity contribution in [2.45, 2.75) is 167 Å². The average molecular weight is 827 g/mol. The molecule has 16 heteroatoms. The maximum absolute atomic E-state index is 12.6. The first-order valence-corrected chi connectivity index (χ1v) is 23.2. The second-order valence-electron chi connectivity index (χ2n) is 14.0. The second kappa shape index (κ2) is 34.4. The number of hydrogen-bond acceptors (Lipinski definition) is 11. The first kappa shape index (κ1) is 53.3. The lowest BCUT2D eigenvalue weighted by molar-refractivity contribution is -0.161. The van der Waals surface area contributed by atoms with Gasteiger partial charge in [-0.25, -0.2) is 9.13 Å². The van der Waals surface area contributed by atoms with Crippen molar-refractivity contribution >= 4 is 27.6 Å². The Morgan fingerprint density at radius 1 is 0.655 bits per heavy atom. The lowest BCUT2D eigenvalue weighted by Crippen LogP contribution is -2.30. The smallest absolute Gasteiger partial charge is 0.462 e. The summed E-state index contributed by atoms with van der Waals surface area (Å²) in [6.45, 7) is 3.78. The number of carbonyl (C=O) groups is 2. The molecule has 0 radical (unpaired) electrons. The zero-order valence-corrected chi connectivity index (χ0v) is 35.3. The summed E-state index contributed by atoms with van der Waals surface area (Å²) in [4.78, 5) is 52.5. The topological polar surface area (TPSA) is 216 Å². The molecule has 0 spiro atoms. The summed E-state index contributed by atoms with van der Waals surface area (Å²) in [6, 6.07) is 0. The van der Waals surface area contributed by atoms with Gasteiger partial charge in [-0.2, -0.15) is 0 Å². The first-order valence-electron chi connectivity index (χ1n) is 20.2. The summed E-state index contributed by atoms with van der Waals surface area (Å²) in [6.07, 6.45) is 26.3. The highest BCUT2D eigenvalue weighted by Crippen LogP contribution is 2.43. The van der Waals surface area contributed by atoms with Crippen LogP contribution in [0, 0.1) is 5.92 Å². The lowest BCUT2D eigenvalue weighted by atomic mass is 9.99. The maximum Gasteiger partial charge on any atom is 0.472 e. The Bertz CT molecular complexity index is 1160. The van der Waals surface area contributed by atoms with Gasteiger partial charge in [0, 0.05) is 12.8 Å². The minimum atomic E-state index is -4.87. The Hall–Kier alpha value is -1.70. The summed E-state index contributed by atoms with van der Waals surface area (Å²) in [5.41, 5.74) is 0. The molecule has 14 nitrogen and oxygen atoms in total. The minimum Gasteiger partial charge on any atom is -0.462 e. The number of allylic oxidation sites excluding steroid dienone is 4. The SMILES string of the molecule is CC/C=C/CC(O)/C=C/C=C/CCCCCCCC(=O)OC[C@H](COP(=O)(O)OC[C@@H](O)COP(=O)(O)O)OC(=O)CCCCCCCCCCC(C)CC. The van der Waals surface area contributed by atoms with E-state index in [1.54, 1.807) is 6.08 Å². The second-order valence-corrected chi connectivity index (χ2v) is 16.7. The van der Waals surface area contributed by atoms with Gasteiger partial charge in [0.05, 0.1) is 25.9 Å². The Morgan fingerprint density at radius 3 is 1.84 bits per heavy atom. The van der Waals surface area contributed by atoms with Crippen LogP contribution in [0.1, 0.15) is 149 Å². The monoisotopic (exact) mass is 826 g/mol. The van der Waals surface area contributed by atoms with Crippen molar-refractivity contribution in [1.82, 2.24) is 0 Å². The molecule has 0 aliphatic rings. The summed E-state index contributed by atoms with van der Waals surface area (Å²) in [7, 11) is -9.68. The van der Waals surface area contributed by atoms with Crippen LogP contribution < -0.4 is 0 Å². The number of carbonyl (C=O) groups excluding carboxylic acids is 2. The molecule has 5 atom stereocenters. The van der Waals surface area contributed by atoms with Gasteiger partial charge in [0.1, 0.15) is 12.7 Å². The number of hydrogen-bond donors (Lipinski definition) is 5. The number of aliphatic hydroxyl groups is 2. The molecule has 0 fully saturated rings. The third kappa shape index (κ3) is 37.6. The zero-order valence-electron chi connectivity index (χ0n) is 33.5. The van der Waals surface area contributed by atoms with Crippen molar-refractivity contribution in [2.24, 2.45) is 5.92 Å². The van der Waals surface area contributed by atoms with E-state index in [0.29, 0.717) is 19.3 Å². The Morgan fingerprint density at radius 2 is 1.22 bits per heavy atom. The fraction of sp³-hybridized carbons (Fsp3) is 0.795. The van der Waals surface area contributed by atoms with Crippen molar-refractivity contribution in [2.75, 3.05) is 26.4 Å². The third-order valence-corrected chi connectivity index (χ3v) is 10.1. The van der Waals surface area contributed by atoms with Crippen LogP contribution in [0.4, 0.5) is 0 Å². The predicted octanol–water partition coefficient (Wildman–Crippen LogP) is 8.55. The van der Waals surface area contributed by atoms with Crippen LogP contribution in [-0.2, 0) is 41.8 Å². The van der Waals surface area contributed by atoms with Crippen LogP contribution in [0.3, 0.4) is 0 Å². The molecule has 0 saturated carbocycles. The predicted molar refractivity (Wildman–Crippen MR) is 213 cm³/mol. The number of phosphoric ester groups is 2. The van der Waals surface area contributed by atoms with E-state index in [-0.39, 0.29) is 12.8 Å². The molecule has 0 aliphatic heterocycles. The van der Waals surface area contributed by atoms with E-state index in [1.807, 2.05) is 31.2 Å².